The second kappa shape index (κ2) is 4.11. The summed E-state index contributed by atoms with van der Waals surface area (Å²) in [6, 6.07) is 11.3. The molecule has 0 saturated heterocycles. The third-order valence-corrected chi connectivity index (χ3v) is 2.28. The van der Waals surface area contributed by atoms with Crippen molar-refractivity contribution in [3.8, 4) is 5.75 Å². The van der Waals surface area contributed by atoms with Crippen molar-refractivity contribution in [3.05, 3.63) is 40.9 Å². The first kappa shape index (κ1) is 10.5. The molecular weight excluding hydrogens is 296 g/mol. The van der Waals surface area contributed by atoms with E-state index in [0.29, 0.717) is 5.75 Å². The van der Waals surface area contributed by atoms with Crippen molar-refractivity contribution in [3.63, 3.8) is 0 Å². The van der Waals surface area contributed by atoms with Gasteiger partial charge in [-0.2, -0.15) is 0 Å². The highest BCUT2D eigenvalue weighted by atomic mass is 79.9. The average Bonchev–Trinajstić information content (AvgIpc) is 2.03. The lowest BCUT2D eigenvalue weighted by Crippen LogP contribution is -1.72. The molecule has 1 nitrogen and oxygen atoms in total. The summed E-state index contributed by atoms with van der Waals surface area (Å²) in [5.41, 5.74) is 0. The molecule has 0 aromatic heterocycles. The predicted octanol–water partition coefficient (Wildman–Crippen LogP) is 3.89. The van der Waals surface area contributed by atoms with Gasteiger partial charge in [-0.05, 0) is 35.0 Å². The Morgan fingerprint density at radius 2 is 1.62 bits per heavy atom. The second-order valence-electron chi connectivity index (χ2n) is 2.68. The lowest BCUT2D eigenvalue weighted by Gasteiger charge is -1.98. The largest absolute Gasteiger partial charge is 0.508 e. The molecule has 13 heavy (non-hydrogen) atoms. The van der Waals surface area contributed by atoms with E-state index in [9.17, 15) is 5.11 Å². The number of fused-ring (bicyclic) bond motifs is 1. The summed E-state index contributed by atoms with van der Waals surface area (Å²) in [6.07, 6.45) is 0. The lowest BCUT2D eigenvalue weighted by atomic mass is 10.1. The van der Waals surface area contributed by atoms with Crippen LogP contribution in [0.5, 0.6) is 5.75 Å². The van der Waals surface area contributed by atoms with E-state index in [1.54, 1.807) is 12.1 Å². The summed E-state index contributed by atoms with van der Waals surface area (Å²) in [5.74, 6) is 0.306. The molecule has 0 aliphatic rings. The zero-order valence-corrected chi connectivity index (χ0v) is 10.00. The Kier molecular flexibility index (Phi) is 3.33. The number of phenols is 1. The van der Waals surface area contributed by atoms with Gasteiger partial charge in [0, 0.05) is 4.47 Å². The van der Waals surface area contributed by atoms with Crippen LogP contribution in [0.2, 0.25) is 0 Å². The smallest absolute Gasteiger partial charge is 0.116 e. The van der Waals surface area contributed by atoms with Gasteiger partial charge in [-0.25, -0.2) is 0 Å². The SMILES string of the molecule is Br.Oc1ccc2ccc(Br)cc2c1. The molecule has 0 aliphatic heterocycles. The molecule has 2 rings (SSSR count). The Labute approximate surface area is 95.3 Å². The van der Waals surface area contributed by atoms with Gasteiger partial charge in [-0.3, -0.25) is 0 Å². The lowest BCUT2D eigenvalue weighted by molar-refractivity contribution is 0.476. The Morgan fingerprint density at radius 1 is 0.923 bits per heavy atom. The summed E-state index contributed by atoms with van der Waals surface area (Å²) < 4.78 is 1.03. The van der Waals surface area contributed by atoms with Crippen LogP contribution in [0.25, 0.3) is 10.8 Å². The minimum atomic E-state index is 0. The van der Waals surface area contributed by atoms with Crippen molar-refractivity contribution in [1.29, 1.82) is 0 Å². The first-order chi connectivity index (χ1) is 5.75. The molecule has 0 atom stereocenters. The molecule has 1 N–H and O–H groups in total. The van der Waals surface area contributed by atoms with Crippen LogP contribution in [-0.4, -0.2) is 5.11 Å². The van der Waals surface area contributed by atoms with Crippen LogP contribution in [0.4, 0.5) is 0 Å². The highest BCUT2D eigenvalue weighted by molar-refractivity contribution is 9.10. The van der Waals surface area contributed by atoms with Crippen molar-refractivity contribution in [1.82, 2.24) is 0 Å². The van der Waals surface area contributed by atoms with Crippen LogP contribution in [0.1, 0.15) is 0 Å². The summed E-state index contributed by atoms with van der Waals surface area (Å²) in [4.78, 5) is 0. The van der Waals surface area contributed by atoms with E-state index in [2.05, 4.69) is 15.9 Å². The average molecular weight is 304 g/mol. The van der Waals surface area contributed by atoms with E-state index in [-0.39, 0.29) is 17.0 Å². The zero-order chi connectivity index (χ0) is 8.55. The van der Waals surface area contributed by atoms with Crippen LogP contribution < -0.4 is 0 Å². The minimum Gasteiger partial charge on any atom is -0.508 e. The third-order valence-electron chi connectivity index (χ3n) is 1.79. The molecule has 0 heterocycles. The molecule has 0 unspecified atom stereocenters. The van der Waals surface area contributed by atoms with Gasteiger partial charge in [-0.15, -0.1) is 17.0 Å². The van der Waals surface area contributed by atoms with Crippen LogP contribution in [-0.2, 0) is 0 Å². The molecule has 0 spiro atoms. The van der Waals surface area contributed by atoms with Crippen LogP contribution >= 0.6 is 32.9 Å². The summed E-state index contributed by atoms with van der Waals surface area (Å²) >= 11 is 3.38. The first-order valence-electron chi connectivity index (χ1n) is 3.64. The molecule has 2 aromatic carbocycles. The van der Waals surface area contributed by atoms with E-state index < -0.39 is 0 Å². The molecule has 0 radical (unpaired) electrons. The van der Waals surface area contributed by atoms with E-state index in [1.165, 1.54) is 0 Å². The monoisotopic (exact) mass is 302 g/mol. The van der Waals surface area contributed by atoms with Gasteiger partial charge >= 0.3 is 0 Å². The van der Waals surface area contributed by atoms with Gasteiger partial charge in [0.25, 0.3) is 0 Å². The fourth-order valence-electron chi connectivity index (χ4n) is 1.20. The van der Waals surface area contributed by atoms with E-state index in [0.717, 1.165) is 15.2 Å². The third kappa shape index (κ3) is 2.23. The number of hydrogen-bond donors (Lipinski definition) is 1. The number of aromatic hydroxyl groups is 1. The maximum atomic E-state index is 9.21. The maximum Gasteiger partial charge on any atom is 0.116 e. The molecule has 0 amide bonds. The predicted molar refractivity (Wildman–Crippen MR) is 63.6 cm³/mol. The topological polar surface area (TPSA) is 20.2 Å². The van der Waals surface area contributed by atoms with Gasteiger partial charge in [0.2, 0.25) is 0 Å². The van der Waals surface area contributed by atoms with Gasteiger partial charge in [0.15, 0.2) is 0 Å². The Morgan fingerprint density at radius 3 is 2.38 bits per heavy atom. The van der Waals surface area contributed by atoms with Gasteiger partial charge in [0.1, 0.15) is 5.75 Å². The fraction of sp³-hybridized carbons (Fsp3) is 0. The Bertz CT molecular complexity index is 389. The number of rotatable bonds is 0. The van der Waals surface area contributed by atoms with E-state index >= 15 is 0 Å². The second-order valence-corrected chi connectivity index (χ2v) is 3.59. The normalized spacial score (nSPS) is 9.62. The molecule has 3 heteroatoms. The zero-order valence-electron chi connectivity index (χ0n) is 6.70. The number of phenolic OH excluding ortho intramolecular Hbond substituents is 1. The highest BCUT2D eigenvalue weighted by Crippen LogP contribution is 2.23. The Balaban J connectivity index is 0.000000845. The van der Waals surface area contributed by atoms with E-state index in [4.69, 9.17) is 0 Å². The molecular formula is C10H8Br2O. The molecule has 68 valence electrons. The van der Waals surface area contributed by atoms with Crippen molar-refractivity contribution < 1.29 is 5.11 Å². The fourth-order valence-corrected chi connectivity index (χ4v) is 1.58. The number of benzene rings is 2. The van der Waals surface area contributed by atoms with Gasteiger partial charge in [0.05, 0.1) is 0 Å². The molecule has 0 bridgehead atoms. The van der Waals surface area contributed by atoms with Crippen LogP contribution in [0.3, 0.4) is 0 Å². The quantitative estimate of drug-likeness (QED) is 0.783. The molecule has 2 aromatic rings. The maximum absolute atomic E-state index is 9.21. The van der Waals surface area contributed by atoms with Crippen molar-refractivity contribution >= 4 is 43.7 Å². The standard InChI is InChI=1S/C10H7BrO.BrH/c11-9-3-1-7-2-4-10(12)6-8(7)5-9;/h1-6,12H;1H. The van der Waals surface area contributed by atoms with Gasteiger partial charge < -0.3 is 5.11 Å². The highest BCUT2D eigenvalue weighted by Gasteiger charge is 1.94. The van der Waals surface area contributed by atoms with Gasteiger partial charge in [-0.1, -0.05) is 28.1 Å². The molecule has 0 aliphatic carbocycles. The van der Waals surface area contributed by atoms with Crippen molar-refractivity contribution in [2.45, 2.75) is 0 Å². The van der Waals surface area contributed by atoms with Crippen LogP contribution in [0, 0.1) is 0 Å². The van der Waals surface area contributed by atoms with E-state index in [1.807, 2.05) is 24.3 Å². The van der Waals surface area contributed by atoms with Crippen molar-refractivity contribution in [2.24, 2.45) is 0 Å². The number of halogens is 2. The Hall–Kier alpha value is -0.540. The first-order valence-corrected chi connectivity index (χ1v) is 4.43. The number of hydrogen-bond acceptors (Lipinski definition) is 1. The summed E-state index contributed by atoms with van der Waals surface area (Å²) in [7, 11) is 0. The van der Waals surface area contributed by atoms with Crippen molar-refractivity contribution in [2.75, 3.05) is 0 Å². The summed E-state index contributed by atoms with van der Waals surface area (Å²) in [6.45, 7) is 0. The molecule has 0 saturated carbocycles. The summed E-state index contributed by atoms with van der Waals surface area (Å²) in [5, 5.41) is 11.4. The minimum absolute atomic E-state index is 0. The molecule has 0 fully saturated rings. The van der Waals surface area contributed by atoms with Crippen LogP contribution in [0.15, 0.2) is 40.9 Å².